The summed E-state index contributed by atoms with van der Waals surface area (Å²) in [4.78, 5) is 0. The quantitative estimate of drug-likeness (QED) is 0.601. The van der Waals surface area contributed by atoms with E-state index in [2.05, 4.69) is 60.7 Å². The molecule has 1 heterocycles. The van der Waals surface area contributed by atoms with Crippen LogP contribution < -0.4 is 0 Å². The topological polar surface area (TPSA) is 9.23 Å². The van der Waals surface area contributed by atoms with Crippen LogP contribution in [0.15, 0.2) is 97.0 Å². The summed E-state index contributed by atoms with van der Waals surface area (Å²) >= 11 is 0. The Kier molecular flexibility index (Phi) is 4.03. The maximum Gasteiger partial charge on any atom is 0.401 e. The predicted molar refractivity (Wildman–Crippen MR) is 101 cm³/mol. The Morgan fingerprint density at radius 3 is 1.62 bits per heavy atom. The van der Waals surface area contributed by atoms with Gasteiger partial charge in [-0.2, -0.15) is 0 Å². The van der Waals surface area contributed by atoms with E-state index in [1.54, 1.807) is 7.48 Å². The molecule has 0 N–H and O–H groups in total. The molecule has 3 aromatic carbocycles. The molecule has 1 aliphatic rings. The van der Waals surface area contributed by atoms with Gasteiger partial charge in [0.15, 0.2) is 0 Å². The third-order valence-electron chi connectivity index (χ3n) is 4.10. The van der Waals surface area contributed by atoms with Crippen LogP contribution in [0.25, 0.3) is 16.9 Å². The van der Waals surface area contributed by atoms with Crippen LogP contribution >= 0.6 is 0 Å². The van der Waals surface area contributed by atoms with Crippen molar-refractivity contribution < 1.29 is 4.65 Å². The standard InChI is InChI=1S/C22H16BO/c1-4-10-17(11-5-1)20-16-23-24-22(19-14-8-3-9-15-19)21(20)18-12-6-2-7-13-18/h1-16H. The molecule has 113 valence electrons. The molecule has 0 saturated heterocycles. The van der Waals surface area contributed by atoms with E-state index in [4.69, 9.17) is 4.65 Å². The van der Waals surface area contributed by atoms with Crippen molar-refractivity contribution in [2.75, 3.05) is 0 Å². The summed E-state index contributed by atoms with van der Waals surface area (Å²) in [5.41, 5.74) is 5.71. The Balaban J connectivity index is 1.95. The normalized spacial score (nSPS) is 13.8. The molecule has 0 fully saturated rings. The average Bonchev–Trinajstić information content (AvgIpc) is 2.69. The van der Waals surface area contributed by atoms with E-state index in [0.29, 0.717) is 0 Å². The highest BCUT2D eigenvalue weighted by molar-refractivity contribution is 6.43. The van der Waals surface area contributed by atoms with E-state index in [1.807, 2.05) is 36.3 Å². The molecule has 0 atom stereocenters. The lowest BCUT2D eigenvalue weighted by Crippen LogP contribution is -2.08. The first kappa shape index (κ1) is 14.6. The van der Waals surface area contributed by atoms with Crippen LogP contribution in [0.3, 0.4) is 0 Å². The molecule has 1 nitrogen and oxygen atoms in total. The summed E-state index contributed by atoms with van der Waals surface area (Å²) in [7, 11) is 1.77. The van der Waals surface area contributed by atoms with Gasteiger partial charge in [0.05, 0.1) is 0 Å². The van der Waals surface area contributed by atoms with Gasteiger partial charge in [-0.25, -0.2) is 0 Å². The fourth-order valence-corrected chi connectivity index (χ4v) is 2.99. The van der Waals surface area contributed by atoms with Crippen molar-refractivity contribution in [2.45, 2.75) is 0 Å². The van der Waals surface area contributed by atoms with Gasteiger partial charge in [-0.1, -0.05) is 97.0 Å². The van der Waals surface area contributed by atoms with Crippen LogP contribution in [0.5, 0.6) is 0 Å². The lowest BCUT2D eigenvalue weighted by molar-refractivity contribution is 0.560. The minimum Gasteiger partial charge on any atom is -0.557 e. The molecule has 2 heteroatoms. The number of benzene rings is 3. The lowest BCUT2D eigenvalue weighted by Gasteiger charge is -2.23. The van der Waals surface area contributed by atoms with Gasteiger partial charge in [-0.15, -0.1) is 0 Å². The van der Waals surface area contributed by atoms with Crippen molar-refractivity contribution >= 4 is 24.4 Å². The van der Waals surface area contributed by atoms with Gasteiger partial charge in [-0.3, -0.25) is 0 Å². The van der Waals surface area contributed by atoms with Gasteiger partial charge in [0, 0.05) is 11.1 Å². The second-order valence-electron chi connectivity index (χ2n) is 5.64. The number of hydrogen-bond acceptors (Lipinski definition) is 1. The van der Waals surface area contributed by atoms with Crippen LogP contribution in [-0.2, 0) is 4.65 Å². The second kappa shape index (κ2) is 6.63. The van der Waals surface area contributed by atoms with Crippen LogP contribution in [0.4, 0.5) is 0 Å². The van der Waals surface area contributed by atoms with E-state index in [0.717, 1.165) is 22.5 Å². The van der Waals surface area contributed by atoms with E-state index in [1.165, 1.54) is 11.1 Å². The molecule has 0 aliphatic carbocycles. The minimum absolute atomic E-state index is 0.892. The van der Waals surface area contributed by atoms with Crippen molar-refractivity contribution in [2.24, 2.45) is 0 Å². The molecule has 24 heavy (non-hydrogen) atoms. The van der Waals surface area contributed by atoms with E-state index in [9.17, 15) is 0 Å². The molecule has 4 rings (SSSR count). The Labute approximate surface area is 143 Å². The monoisotopic (exact) mass is 307 g/mol. The van der Waals surface area contributed by atoms with E-state index >= 15 is 0 Å². The first-order valence-electron chi connectivity index (χ1n) is 8.04. The highest BCUT2D eigenvalue weighted by Crippen LogP contribution is 2.39. The summed E-state index contributed by atoms with van der Waals surface area (Å²) in [5, 5.41) is 0. The summed E-state index contributed by atoms with van der Waals surface area (Å²) < 4.78 is 5.96. The predicted octanol–water partition coefficient (Wildman–Crippen LogP) is 5.25. The van der Waals surface area contributed by atoms with Crippen molar-refractivity contribution in [1.82, 2.24) is 0 Å². The third kappa shape index (κ3) is 2.79. The fourth-order valence-electron chi connectivity index (χ4n) is 2.99. The molecular formula is C22H16BO. The van der Waals surface area contributed by atoms with Gasteiger partial charge >= 0.3 is 7.48 Å². The molecule has 0 saturated carbocycles. The lowest BCUT2D eigenvalue weighted by atomic mass is 9.81. The van der Waals surface area contributed by atoms with Crippen LogP contribution in [0.1, 0.15) is 16.7 Å². The Morgan fingerprint density at radius 2 is 1.04 bits per heavy atom. The van der Waals surface area contributed by atoms with Crippen molar-refractivity contribution in [3.8, 4) is 0 Å². The molecule has 0 amide bonds. The Hall–Kier alpha value is -3.00. The van der Waals surface area contributed by atoms with E-state index < -0.39 is 0 Å². The van der Waals surface area contributed by atoms with Gasteiger partial charge in [0.2, 0.25) is 0 Å². The van der Waals surface area contributed by atoms with Gasteiger partial charge in [0.25, 0.3) is 0 Å². The Morgan fingerprint density at radius 1 is 0.542 bits per heavy atom. The summed E-state index contributed by atoms with van der Waals surface area (Å²) in [6.07, 6.45) is 0. The van der Waals surface area contributed by atoms with Crippen molar-refractivity contribution in [3.63, 3.8) is 0 Å². The zero-order valence-electron chi connectivity index (χ0n) is 13.2. The number of allylic oxidation sites excluding steroid dienone is 2. The molecular weight excluding hydrogens is 291 g/mol. The molecule has 0 unspecified atom stereocenters. The van der Waals surface area contributed by atoms with Crippen LogP contribution in [-0.4, -0.2) is 7.48 Å². The van der Waals surface area contributed by atoms with Crippen LogP contribution in [0, 0.1) is 0 Å². The second-order valence-corrected chi connectivity index (χ2v) is 5.64. The van der Waals surface area contributed by atoms with Gasteiger partial charge in [-0.05, 0) is 16.7 Å². The first-order valence-corrected chi connectivity index (χ1v) is 8.04. The van der Waals surface area contributed by atoms with Crippen molar-refractivity contribution in [1.29, 1.82) is 0 Å². The summed E-state index contributed by atoms with van der Waals surface area (Å²) in [5.74, 6) is 2.94. The van der Waals surface area contributed by atoms with E-state index in [-0.39, 0.29) is 0 Å². The highest BCUT2D eigenvalue weighted by atomic mass is 16.4. The Bertz CT molecular complexity index is 881. The maximum absolute atomic E-state index is 5.96. The maximum atomic E-state index is 5.96. The molecule has 0 bridgehead atoms. The molecule has 0 aromatic heterocycles. The number of hydrogen-bond donors (Lipinski definition) is 0. The molecule has 1 aliphatic heterocycles. The van der Waals surface area contributed by atoms with Gasteiger partial charge in [0.1, 0.15) is 5.76 Å². The molecule has 1 radical (unpaired) electrons. The SMILES string of the molecule is [B]1C=C(c2ccccc2)C(c2ccccc2)=C(c2ccccc2)O1. The first-order chi connectivity index (χ1) is 11.9. The summed E-state index contributed by atoms with van der Waals surface area (Å²) in [6.45, 7) is 0. The minimum atomic E-state index is 0.892. The zero-order chi connectivity index (χ0) is 16.2. The average molecular weight is 307 g/mol. The number of rotatable bonds is 3. The fraction of sp³-hybridized carbons (Fsp3) is 0. The third-order valence-corrected chi connectivity index (χ3v) is 4.10. The molecule has 3 aromatic rings. The van der Waals surface area contributed by atoms with Crippen molar-refractivity contribution in [3.05, 3.63) is 114 Å². The largest absolute Gasteiger partial charge is 0.557 e. The molecule has 0 spiro atoms. The summed E-state index contributed by atoms with van der Waals surface area (Å²) in [6, 6.07) is 31.1. The smallest absolute Gasteiger partial charge is 0.401 e. The zero-order valence-corrected chi connectivity index (χ0v) is 13.2. The van der Waals surface area contributed by atoms with Gasteiger partial charge < -0.3 is 4.65 Å². The highest BCUT2D eigenvalue weighted by Gasteiger charge is 2.22. The van der Waals surface area contributed by atoms with Crippen LogP contribution in [0.2, 0.25) is 0 Å².